The van der Waals surface area contributed by atoms with Crippen LogP contribution < -0.4 is 15.4 Å². The van der Waals surface area contributed by atoms with Gasteiger partial charge in [-0.1, -0.05) is 51.5 Å². The van der Waals surface area contributed by atoms with Gasteiger partial charge in [-0.25, -0.2) is 0 Å². The molecule has 0 aliphatic carbocycles. The number of nitrogens with one attached hydrogen (secondary N) is 2. The maximum Gasteiger partial charge on any atom is 0.120 e. The van der Waals surface area contributed by atoms with Gasteiger partial charge >= 0.3 is 0 Å². The van der Waals surface area contributed by atoms with Crippen molar-refractivity contribution in [1.82, 2.24) is 15.6 Å². The summed E-state index contributed by atoms with van der Waals surface area (Å²) in [6.45, 7) is 15.1. The first kappa shape index (κ1) is 33.5. The van der Waals surface area contributed by atoms with Crippen LogP contribution in [0.25, 0.3) is 10.9 Å². The molecule has 0 bridgehead atoms. The zero-order chi connectivity index (χ0) is 27.0. The maximum atomic E-state index is 9.98. The summed E-state index contributed by atoms with van der Waals surface area (Å²) in [5.74, 6) is 0.888. The number of allylic oxidation sites excluding steroid dienone is 4. The van der Waals surface area contributed by atoms with Crippen LogP contribution in [0, 0.1) is 0 Å². The van der Waals surface area contributed by atoms with Crippen molar-refractivity contribution in [3.63, 3.8) is 0 Å². The summed E-state index contributed by atoms with van der Waals surface area (Å²) < 4.78 is 5.35. The van der Waals surface area contributed by atoms with E-state index in [1.165, 1.54) is 42.2 Å². The molecule has 2 N–H and O–H groups in total. The Balaban J connectivity index is 0.000000742. The van der Waals surface area contributed by atoms with Gasteiger partial charge in [0.15, 0.2) is 0 Å². The second-order valence-electron chi connectivity index (χ2n) is 8.03. The van der Waals surface area contributed by atoms with Crippen molar-refractivity contribution in [1.29, 1.82) is 0 Å². The first-order valence-corrected chi connectivity index (χ1v) is 13.8. The number of hydrogen-bond donors (Lipinski definition) is 2. The second-order valence-corrected chi connectivity index (χ2v) is 8.03. The van der Waals surface area contributed by atoms with Crippen LogP contribution in [-0.4, -0.2) is 37.5 Å². The van der Waals surface area contributed by atoms with E-state index >= 15 is 0 Å². The fraction of sp³-hybridized carbons (Fsp3) is 0.548. The lowest BCUT2D eigenvalue weighted by atomic mass is 10.0. The van der Waals surface area contributed by atoms with Crippen molar-refractivity contribution in [3.8, 4) is 5.75 Å². The average Bonchev–Trinajstić information content (AvgIpc) is 2.92. The SMILES string of the molecule is C/C=C\C(=C/C)CCC=O.CC.CC.COc1ccc2nccc(CNC3CCCNCCC3)c2c1. The Morgan fingerprint density at radius 1 is 1.11 bits per heavy atom. The highest BCUT2D eigenvalue weighted by Gasteiger charge is 2.11. The van der Waals surface area contributed by atoms with E-state index in [0.717, 1.165) is 43.6 Å². The van der Waals surface area contributed by atoms with Crippen molar-refractivity contribution in [2.45, 2.75) is 92.7 Å². The van der Waals surface area contributed by atoms with Crippen LogP contribution in [0.4, 0.5) is 0 Å². The quantitative estimate of drug-likeness (QED) is 0.294. The van der Waals surface area contributed by atoms with Gasteiger partial charge in [0.25, 0.3) is 0 Å². The first-order valence-electron chi connectivity index (χ1n) is 13.8. The Bertz CT molecular complexity index is 869. The fourth-order valence-corrected chi connectivity index (χ4v) is 3.90. The lowest BCUT2D eigenvalue weighted by Crippen LogP contribution is -2.33. The normalized spacial score (nSPS) is 14.2. The highest BCUT2D eigenvalue weighted by atomic mass is 16.5. The van der Waals surface area contributed by atoms with Gasteiger partial charge in [-0.15, -0.1) is 0 Å². The highest BCUT2D eigenvalue weighted by Crippen LogP contribution is 2.22. The van der Waals surface area contributed by atoms with Crippen molar-refractivity contribution in [2.75, 3.05) is 20.2 Å². The number of methoxy groups -OCH3 is 1. The molecule has 2 aromatic rings. The molecule has 0 spiro atoms. The number of benzene rings is 1. The molecule has 0 radical (unpaired) electrons. The highest BCUT2D eigenvalue weighted by molar-refractivity contribution is 5.83. The molecule has 1 aromatic heterocycles. The van der Waals surface area contributed by atoms with E-state index in [1.807, 2.05) is 78.1 Å². The predicted octanol–water partition coefficient (Wildman–Crippen LogP) is 7.41. The smallest absolute Gasteiger partial charge is 0.120 e. The number of nitrogens with zero attached hydrogens (tertiary/aromatic N) is 1. The van der Waals surface area contributed by atoms with E-state index in [-0.39, 0.29) is 0 Å². The van der Waals surface area contributed by atoms with Crippen LogP contribution in [0.2, 0.25) is 0 Å². The lowest BCUT2D eigenvalue weighted by molar-refractivity contribution is -0.107. The van der Waals surface area contributed by atoms with Crippen LogP contribution in [-0.2, 0) is 11.3 Å². The fourth-order valence-electron chi connectivity index (χ4n) is 3.90. The topological polar surface area (TPSA) is 63.2 Å². The van der Waals surface area contributed by atoms with Crippen molar-refractivity contribution in [2.24, 2.45) is 0 Å². The summed E-state index contributed by atoms with van der Waals surface area (Å²) in [5.41, 5.74) is 3.56. The number of carbonyl (C=O) groups is 1. The van der Waals surface area contributed by atoms with E-state index in [9.17, 15) is 4.79 Å². The molecule has 5 heteroatoms. The maximum absolute atomic E-state index is 9.98. The molecule has 0 atom stereocenters. The summed E-state index contributed by atoms with van der Waals surface area (Å²) in [7, 11) is 1.71. The van der Waals surface area contributed by atoms with E-state index in [1.54, 1.807) is 7.11 Å². The van der Waals surface area contributed by atoms with E-state index in [4.69, 9.17) is 4.74 Å². The molecular weight excluding hydrogens is 446 g/mol. The third-order valence-corrected chi connectivity index (χ3v) is 5.73. The number of ether oxygens (including phenoxy) is 1. The monoisotopic (exact) mass is 497 g/mol. The lowest BCUT2D eigenvalue weighted by Gasteiger charge is -2.22. The predicted molar refractivity (Wildman–Crippen MR) is 157 cm³/mol. The molecule has 1 aliphatic heterocycles. The number of aromatic nitrogens is 1. The van der Waals surface area contributed by atoms with Gasteiger partial charge in [-0.3, -0.25) is 4.98 Å². The summed E-state index contributed by atoms with van der Waals surface area (Å²) in [5, 5.41) is 8.39. The largest absolute Gasteiger partial charge is 0.497 e. The van der Waals surface area contributed by atoms with Gasteiger partial charge < -0.3 is 20.2 Å². The molecule has 202 valence electrons. The van der Waals surface area contributed by atoms with Gasteiger partial charge in [-0.05, 0) is 88.9 Å². The number of fused-ring (bicyclic) bond motifs is 1. The zero-order valence-corrected chi connectivity index (χ0v) is 23.9. The van der Waals surface area contributed by atoms with Crippen molar-refractivity contribution in [3.05, 3.63) is 59.8 Å². The molecule has 2 heterocycles. The molecule has 1 saturated heterocycles. The number of rotatable bonds is 8. The van der Waals surface area contributed by atoms with Crippen LogP contribution in [0.3, 0.4) is 0 Å². The average molecular weight is 498 g/mol. The molecule has 0 amide bonds. The van der Waals surface area contributed by atoms with E-state index < -0.39 is 0 Å². The van der Waals surface area contributed by atoms with Crippen molar-refractivity contribution < 1.29 is 9.53 Å². The van der Waals surface area contributed by atoms with Crippen LogP contribution in [0.1, 0.15) is 85.6 Å². The standard InChI is InChI=1S/C18H25N3O.C9H14O.2C2H6/c1-22-16-6-7-18-17(12-16)14(8-11-20-18)13-21-15-4-2-9-19-10-3-5-15;1-3-6-9(4-2)7-5-8-10;2*1-2/h6-8,11-12,15,19,21H,2-5,9-10,13H2,1H3;3-4,6,8H,5,7H2,1-2H3;2*1-2H3/b;6-3-,9-4+;;. The molecule has 1 fully saturated rings. The molecule has 3 rings (SSSR count). The summed E-state index contributed by atoms with van der Waals surface area (Å²) >= 11 is 0. The number of hydrogen-bond acceptors (Lipinski definition) is 5. The minimum absolute atomic E-state index is 0.621. The summed E-state index contributed by atoms with van der Waals surface area (Å²) in [6, 6.07) is 8.81. The van der Waals surface area contributed by atoms with Gasteiger partial charge in [0.2, 0.25) is 0 Å². The number of carbonyl (C=O) groups excluding carboxylic acids is 1. The third kappa shape index (κ3) is 13.6. The third-order valence-electron chi connectivity index (χ3n) is 5.73. The molecule has 5 nitrogen and oxygen atoms in total. The Hall–Kier alpha value is -2.50. The molecule has 0 unspecified atom stereocenters. The Morgan fingerprint density at radius 2 is 1.81 bits per heavy atom. The van der Waals surface area contributed by atoms with Gasteiger partial charge in [0.05, 0.1) is 12.6 Å². The zero-order valence-electron chi connectivity index (χ0n) is 23.9. The summed E-state index contributed by atoms with van der Waals surface area (Å²) in [4.78, 5) is 14.4. The molecule has 0 saturated carbocycles. The number of pyridine rings is 1. The minimum atomic E-state index is 0.621. The molecule has 1 aromatic carbocycles. The molecule has 1 aliphatic rings. The molecular formula is C31H51N3O2. The number of aldehydes is 1. The second kappa shape index (κ2) is 22.9. The minimum Gasteiger partial charge on any atom is -0.497 e. The Labute approximate surface area is 220 Å². The van der Waals surface area contributed by atoms with Crippen LogP contribution in [0.5, 0.6) is 5.75 Å². The summed E-state index contributed by atoms with van der Waals surface area (Å²) in [6.07, 6.45) is 15.4. The Morgan fingerprint density at radius 3 is 2.39 bits per heavy atom. The van der Waals surface area contributed by atoms with E-state index in [0.29, 0.717) is 12.5 Å². The van der Waals surface area contributed by atoms with Gasteiger partial charge in [0.1, 0.15) is 12.0 Å². The van der Waals surface area contributed by atoms with Crippen LogP contribution in [0.15, 0.2) is 54.3 Å². The van der Waals surface area contributed by atoms with E-state index in [2.05, 4.69) is 27.8 Å². The van der Waals surface area contributed by atoms with Gasteiger partial charge in [0, 0.05) is 30.6 Å². The Kier molecular flexibility index (Phi) is 21.3. The van der Waals surface area contributed by atoms with Gasteiger partial charge in [-0.2, -0.15) is 0 Å². The molecule has 36 heavy (non-hydrogen) atoms. The first-order chi connectivity index (χ1) is 17.7. The van der Waals surface area contributed by atoms with Crippen molar-refractivity contribution >= 4 is 17.2 Å². The van der Waals surface area contributed by atoms with Crippen LogP contribution >= 0.6 is 0 Å².